The Morgan fingerprint density at radius 1 is 0.475 bits per heavy atom. The van der Waals surface area contributed by atoms with Gasteiger partial charge in [-0.2, -0.15) is 0 Å². The largest absolute Gasteiger partial charge is 0.494 e. The van der Waals surface area contributed by atoms with Crippen LogP contribution in [-0.4, -0.2) is 28.4 Å². The second kappa shape index (κ2) is 32.6. The Morgan fingerprint density at radius 3 is 1.14 bits per heavy atom. The maximum Gasteiger partial charge on any atom is 0.274 e. The molecule has 0 saturated heterocycles. The van der Waals surface area contributed by atoms with E-state index in [9.17, 15) is 10.1 Å². The van der Waals surface area contributed by atoms with E-state index in [2.05, 4.69) is 38.1 Å². The van der Waals surface area contributed by atoms with Crippen LogP contribution in [0.1, 0.15) is 210 Å². The average Bonchev–Trinajstić information content (AvgIpc) is 3.26. The zero-order chi connectivity index (χ0) is 42.1. The molecular weight excluding hydrogens is 747 g/mol. The van der Waals surface area contributed by atoms with Crippen LogP contribution >= 0.6 is 0 Å². The molecule has 0 amide bonds. The topological polar surface area (TPSA) is 70.8 Å². The van der Waals surface area contributed by atoms with Gasteiger partial charge in [0.1, 0.15) is 11.5 Å². The predicted octanol–water partition coefficient (Wildman–Crippen LogP) is 15.1. The van der Waals surface area contributed by atoms with Crippen LogP contribution in [0.3, 0.4) is 0 Å². The molecule has 330 valence electrons. The van der Waals surface area contributed by atoms with Crippen LogP contribution in [0, 0.1) is 10.1 Å². The molecule has 0 N–H and O–H groups in total. The summed E-state index contributed by atoms with van der Waals surface area (Å²) in [7, 11) is 0.629. The summed E-state index contributed by atoms with van der Waals surface area (Å²) < 4.78 is 19.0. The van der Waals surface area contributed by atoms with Gasteiger partial charge < -0.3 is 14.2 Å². The molecule has 3 aromatic rings. The highest BCUT2D eigenvalue weighted by Gasteiger charge is 2.31. The van der Waals surface area contributed by atoms with Crippen molar-refractivity contribution in [1.82, 2.24) is 0 Å². The third-order valence-corrected chi connectivity index (χ3v) is 13.5. The van der Waals surface area contributed by atoms with Crippen LogP contribution in [0.25, 0.3) is 0 Å². The standard InChI is InChI=1S/C52H83NO5Si/c1-3-5-7-9-11-13-15-17-19-21-23-25-27-31-43-56-49-39-35-47(36-40-49)52(59,58-45-46-33-29-30-34-51(46)53(54)55)48-37-41-50(42-38-48)57-44-32-28-26-24-22-20-18-16-14-12-10-8-6-4-2/h29-30,33-42H,3-28,31-32,43-45H2,1-2,59H3. The van der Waals surface area contributed by atoms with Gasteiger partial charge in [-0.05, 0) is 54.3 Å². The molecule has 6 nitrogen and oxygen atoms in total. The van der Waals surface area contributed by atoms with Crippen LogP contribution in [0.5, 0.6) is 11.5 Å². The first-order valence-corrected chi connectivity index (χ1v) is 25.3. The molecule has 0 aromatic heterocycles. The lowest BCUT2D eigenvalue weighted by atomic mass is 9.99. The molecule has 0 fully saturated rings. The van der Waals surface area contributed by atoms with E-state index in [0.717, 1.165) is 48.7 Å². The number of rotatable bonds is 38. The first-order chi connectivity index (χ1) is 29.0. The van der Waals surface area contributed by atoms with Crippen molar-refractivity contribution >= 4 is 15.9 Å². The number of hydrogen-bond donors (Lipinski definition) is 0. The quantitative estimate of drug-likeness (QED) is 0.0249. The number of benzene rings is 3. The van der Waals surface area contributed by atoms with Crippen LogP contribution < -0.4 is 9.47 Å². The number of para-hydroxylation sites is 1. The summed E-state index contributed by atoms with van der Waals surface area (Å²) >= 11 is 0. The molecule has 3 aromatic carbocycles. The normalized spacial score (nSPS) is 11.6. The highest BCUT2D eigenvalue weighted by molar-refractivity contribution is 6.17. The fraction of sp³-hybridized carbons (Fsp3) is 0.654. The summed E-state index contributed by atoms with van der Waals surface area (Å²) in [4.78, 5) is 11.5. The smallest absolute Gasteiger partial charge is 0.274 e. The van der Waals surface area contributed by atoms with Gasteiger partial charge in [0.05, 0.1) is 45.8 Å². The van der Waals surface area contributed by atoms with Gasteiger partial charge in [-0.1, -0.05) is 217 Å². The minimum Gasteiger partial charge on any atom is -0.494 e. The number of ether oxygens (including phenoxy) is 3. The van der Waals surface area contributed by atoms with E-state index in [1.807, 2.05) is 30.3 Å². The number of hydrogen-bond acceptors (Lipinski definition) is 5. The Hall–Kier alpha value is -3.16. The lowest BCUT2D eigenvalue weighted by Crippen LogP contribution is -2.31. The number of unbranched alkanes of at least 4 members (excludes halogenated alkanes) is 26. The van der Waals surface area contributed by atoms with E-state index in [1.165, 1.54) is 167 Å². The van der Waals surface area contributed by atoms with E-state index in [0.29, 0.717) is 15.8 Å². The van der Waals surface area contributed by atoms with Crippen LogP contribution in [0.4, 0.5) is 5.69 Å². The zero-order valence-corrected chi connectivity index (χ0v) is 39.8. The fourth-order valence-electron chi connectivity index (χ4n) is 8.08. The Labute approximate surface area is 363 Å². The molecule has 0 radical (unpaired) electrons. The van der Waals surface area contributed by atoms with Crippen molar-refractivity contribution in [3.8, 4) is 11.5 Å². The molecule has 7 heteroatoms. The Balaban J connectivity index is 1.42. The molecule has 0 spiro atoms. The number of nitro benzene ring substituents is 1. The summed E-state index contributed by atoms with van der Waals surface area (Å²) in [5, 5.41) is 11.1. The van der Waals surface area contributed by atoms with Crippen LogP contribution in [0.15, 0.2) is 72.8 Å². The molecule has 0 aliphatic rings. The average molecular weight is 830 g/mol. The van der Waals surface area contributed by atoms with Gasteiger partial charge in [0, 0.05) is 6.07 Å². The SMILES string of the molecule is CCCCCCCCCCCCCCCCOc1ccc(C([SiH3])(OCc2ccccc2[N+](=O)[O-])c2ccc(OCCCCCCCCCCCCCCCC)cc2)cc1. The molecule has 0 saturated carbocycles. The van der Waals surface area contributed by atoms with Gasteiger partial charge in [-0.3, -0.25) is 10.1 Å². The molecule has 0 heterocycles. The monoisotopic (exact) mass is 830 g/mol. The van der Waals surface area contributed by atoms with E-state index in [1.54, 1.807) is 18.2 Å². The predicted molar refractivity (Wildman–Crippen MR) is 253 cm³/mol. The van der Waals surface area contributed by atoms with Crippen molar-refractivity contribution in [3.05, 3.63) is 99.6 Å². The van der Waals surface area contributed by atoms with Gasteiger partial charge >= 0.3 is 0 Å². The lowest BCUT2D eigenvalue weighted by molar-refractivity contribution is -0.386. The van der Waals surface area contributed by atoms with E-state index in [4.69, 9.17) is 14.2 Å². The van der Waals surface area contributed by atoms with E-state index < -0.39 is 5.22 Å². The maximum absolute atomic E-state index is 11.8. The van der Waals surface area contributed by atoms with Gasteiger partial charge in [-0.15, -0.1) is 0 Å². The first-order valence-electron chi connectivity index (χ1n) is 24.3. The van der Waals surface area contributed by atoms with Crippen molar-refractivity contribution in [2.24, 2.45) is 0 Å². The Kier molecular flexibility index (Phi) is 27.7. The van der Waals surface area contributed by atoms with Gasteiger partial charge in [0.2, 0.25) is 0 Å². The van der Waals surface area contributed by atoms with E-state index in [-0.39, 0.29) is 17.2 Å². The molecule has 0 aliphatic heterocycles. The van der Waals surface area contributed by atoms with Gasteiger partial charge in [0.25, 0.3) is 5.69 Å². The van der Waals surface area contributed by atoms with Crippen molar-refractivity contribution < 1.29 is 19.1 Å². The van der Waals surface area contributed by atoms with Gasteiger partial charge in [-0.25, -0.2) is 0 Å². The Bertz CT molecular complexity index is 1390. The molecule has 0 aliphatic carbocycles. The third kappa shape index (κ3) is 21.8. The highest BCUT2D eigenvalue weighted by Crippen LogP contribution is 2.35. The summed E-state index contributed by atoms with van der Waals surface area (Å²) in [6.45, 7) is 6.14. The molecule has 0 atom stereocenters. The van der Waals surface area contributed by atoms with Gasteiger partial charge in [0.15, 0.2) is 0 Å². The molecule has 0 unspecified atom stereocenters. The van der Waals surface area contributed by atoms with Crippen LogP contribution in [-0.2, 0) is 16.6 Å². The molecule has 0 bridgehead atoms. The van der Waals surface area contributed by atoms with Crippen molar-refractivity contribution in [3.63, 3.8) is 0 Å². The number of nitro groups is 1. The van der Waals surface area contributed by atoms with Crippen molar-refractivity contribution in [1.29, 1.82) is 0 Å². The minimum absolute atomic E-state index is 0.0796. The third-order valence-electron chi connectivity index (χ3n) is 12.0. The first kappa shape index (κ1) is 50.2. The fourth-order valence-corrected chi connectivity index (χ4v) is 8.89. The summed E-state index contributed by atoms with van der Waals surface area (Å²) in [6, 6.07) is 23.4. The Morgan fingerprint density at radius 2 is 0.797 bits per heavy atom. The maximum atomic E-state index is 11.8. The van der Waals surface area contributed by atoms with E-state index >= 15 is 0 Å². The number of nitrogens with zero attached hydrogens (tertiary/aromatic N) is 1. The van der Waals surface area contributed by atoms with Crippen molar-refractivity contribution in [2.45, 2.75) is 205 Å². The minimum atomic E-state index is -0.718. The van der Waals surface area contributed by atoms with Crippen molar-refractivity contribution in [2.75, 3.05) is 13.2 Å². The molecular formula is C52H83NO5Si. The summed E-state index contributed by atoms with van der Waals surface area (Å²) in [5.41, 5.74) is 2.68. The summed E-state index contributed by atoms with van der Waals surface area (Å²) in [5.74, 6) is 1.72. The zero-order valence-electron chi connectivity index (χ0n) is 37.8. The molecule has 59 heavy (non-hydrogen) atoms. The lowest BCUT2D eigenvalue weighted by Gasteiger charge is -2.32. The van der Waals surface area contributed by atoms with Crippen LogP contribution in [0.2, 0.25) is 0 Å². The molecule has 3 rings (SSSR count). The summed E-state index contributed by atoms with van der Waals surface area (Å²) in [6.07, 6.45) is 37.6. The second-order valence-electron chi connectivity index (χ2n) is 17.1. The highest BCUT2D eigenvalue weighted by atomic mass is 28.1. The second-order valence-corrected chi connectivity index (χ2v) is 18.6.